The Morgan fingerprint density at radius 1 is 1.47 bits per heavy atom. The molecule has 0 saturated carbocycles. The van der Waals surface area contributed by atoms with Gasteiger partial charge in [0.15, 0.2) is 5.84 Å². The van der Waals surface area contributed by atoms with E-state index in [1.807, 2.05) is 24.3 Å². The minimum absolute atomic E-state index is 0.118. The summed E-state index contributed by atoms with van der Waals surface area (Å²) >= 11 is 0. The maximum atomic E-state index is 8.70. The van der Waals surface area contributed by atoms with Crippen molar-refractivity contribution in [1.82, 2.24) is 0 Å². The zero-order chi connectivity index (χ0) is 12.7. The molecule has 1 unspecified atom stereocenters. The van der Waals surface area contributed by atoms with E-state index in [2.05, 4.69) is 19.0 Å². The molecule has 0 aromatic heterocycles. The minimum atomic E-state index is 0.118. The summed E-state index contributed by atoms with van der Waals surface area (Å²) in [7, 11) is 0. The zero-order valence-corrected chi connectivity index (χ0v) is 10.4. The Morgan fingerprint density at radius 2 is 2.18 bits per heavy atom. The molecule has 4 nitrogen and oxygen atoms in total. The van der Waals surface area contributed by atoms with Gasteiger partial charge in [-0.3, -0.25) is 0 Å². The number of hydrogen-bond acceptors (Lipinski definition) is 3. The predicted molar refractivity (Wildman–Crippen MR) is 68.1 cm³/mol. The van der Waals surface area contributed by atoms with Gasteiger partial charge in [0.1, 0.15) is 0 Å². The Kier molecular flexibility index (Phi) is 5.49. The normalized spacial score (nSPS) is 13.6. The molecule has 0 radical (unpaired) electrons. The van der Waals surface area contributed by atoms with Crippen molar-refractivity contribution in [1.29, 1.82) is 0 Å². The molecule has 1 atom stereocenters. The summed E-state index contributed by atoms with van der Waals surface area (Å²) in [6.45, 7) is 4.66. The lowest BCUT2D eigenvalue weighted by molar-refractivity contribution is 0.0471. The SMILES string of the molecule is CCCC(C)OCc1ccccc1/C(N)=N/O. The molecule has 0 saturated heterocycles. The van der Waals surface area contributed by atoms with Crippen molar-refractivity contribution >= 4 is 5.84 Å². The van der Waals surface area contributed by atoms with Crippen LogP contribution in [0.15, 0.2) is 29.4 Å². The van der Waals surface area contributed by atoms with E-state index in [4.69, 9.17) is 15.7 Å². The summed E-state index contributed by atoms with van der Waals surface area (Å²) < 4.78 is 5.71. The van der Waals surface area contributed by atoms with Gasteiger partial charge in [-0.25, -0.2) is 0 Å². The third kappa shape index (κ3) is 4.07. The van der Waals surface area contributed by atoms with Crippen LogP contribution in [0.4, 0.5) is 0 Å². The lowest BCUT2D eigenvalue weighted by Gasteiger charge is -2.13. The summed E-state index contributed by atoms with van der Waals surface area (Å²) in [6, 6.07) is 7.51. The average Bonchev–Trinajstić information content (AvgIpc) is 2.36. The molecule has 0 amide bonds. The van der Waals surface area contributed by atoms with Crippen LogP contribution in [0.5, 0.6) is 0 Å². The van der Waals surface area contributed by atoms with Gasteiger partial charge in [0.2, 0.25) is 0 Å². The largest absolute Gasteiger partial charge is 0.409 e. The second-order valence-electron chi connectivity index (χ2n) is 4.05. The first-order valence-corrected chi connectivity index (χ1v) is 5.86. The van der Waals surface area contributed by atoms with Gasteiger partial charge >= 0.3 is 0 Å². The molecule has 3 N–H and O–H groups in total. The Bertz CT molecular complexity index is 377. The van der Waals surface area contributed by atoms with Crippen molar-refractivity contribution in [3.8, 4) is 0 Å². The van der Waals surface area contributed by atoms with Gasteiger partial charge in [0.05, 0.1) is 12.7 Å². The van der Waals surface area contributed by atoms with E-state index in [0.29, 0.717) is 6.61 Å². The summed E-state index contributed by atoms with van der Waals surface area (Å²) in [5.74, 6) is 0.118. The lowest BCUT2D eigenvalue weighted by Crippen LogP contribution is -2.17. The molecule has 17 heavy (non-hydrogen) atoms. The van der Waals surface area contributed by atoms with Gasteiger partial charge in [-0.15, -0.1) is 0 Å². The van der Waals surface area contributed by atoms with Gasteiger partial charge in [-0.05, 0) is 18.9 Å². The number of ether oxygens (including phenoxy) is 1. The van der Waals surface area contributed by atoms with Crippen LogP contribution in [0.3, 0.4) is 0 Å². The van der Waals surface area contributed by atoms with Crippen molar-refractivity contribution < 1.29 is 9.94 Å². The Morgan fingerprint density at radius 3 is 2.82 bits per heavy atom. The third-order valence-corrected chi connectivity index (χ3v) is 2.62. The first-order valence-electron chi connectivity index (χ1n) is 5.86. The van der Waals surface area contributed by atoms with Crippen molar-refractivity contribution in [2.45, 2.75) is 39.4 Å². The third-order valence-electron chi connectivity index (χ3n) is 2.62. The van der Waals surface area contributed by atoms with Crippen molar-refractivity contribution in [2.24, 2.45) is 10.9 Å². The van der Waals surface area contributed by atoms with Crippen LogP contribution in [-0.2, 0) is 11.3 Å². The Balaban J connectivity index is 2.71. The second kappa shape index (κ2) is 6.91. The van der Waals surface area contributed by atoms with Crippen LogP contribution in [0.1, 0.15) is 37.8 Å². The molecule has 0 fully saturated rings. The van der Waals surface area contributed by atoms with E-state index >= 15 is 0 Å². The monoisotopic (exact) mass is 236 g/mol. The number of benzene rings is 1. The van der Waals surface area contributed by atoms with E-state index in [1.54, 1.807) is 0 Å². The van der Waals surface area contributed by atoms with Crippen LogP contribution in [0.2, 0.25) is 0 Å². The van der Waals surface area contributed by atoms with Gasteiger partial charge in [0.25, 0.3) is 0 Å². The second-order valence-corrected chi connectivity index (χ2v) is 4.05. The Hall–Kier alpha value is -1.55. The molecule has 0 spiro atoms. The molecule has 0 heterocycles. The number of amidine groups is 1. The van der Waals surface area contributed by atoms with E-state index in [0.717, 1.165) is 24.0 Å². The molecule has 1 aromatic rings. The van der Waals surface area contributed by atoms with E-state index < -0.39 is 0 Å². The molecule has 0 aliphatic heterocycles. The first-order chi connectivity index (χ1) is 8.19. The standard InChI is InChI=1S/C13H20N2O2/c1-3-6-10(2)17-9-11-7-4-5-8-12(11)13(14)15-16/h4-5,7-8,10,16H,3,6,9H2,1-2H3,(H2,14,15). The maximum Gasteiger partial charge on any atom is 0.170 e. The quantitative estimate of drug-likeness (QED) is 0.345. The number of rotatable bonds is 6. The van der Waals surface area contributed by atoms with Crippen LogP contribution in [0.25, 0.3) is 0 Å². The van der Waals surface area contributed by atoms with Gasteiger partial charge in [-0.2, -0.15) is 0 Å². The smallest absolute Gasteiger partial charge is 0.170 e. The van der Waals surface area contributed by atoms with Crippen LogP contribution < -0.4 is 5.73 Å². The highest BCUT2D eigenvalue weighted by atomic mass is 16.5. The first kappa shape index (κ1) is 13.5. The van der Waals surface area contributed by atoms with E-state index in [-0.39, 0.29) is 11.9 Å². The van der Waals surface area contributed by atoms with E-state index in [1.165, 1.54) is 0 Å². The fraction of sp³-hybridized carbons (Fsp3) is 0.462. The van der Waals surface area contributed by atoms with Crippen molar-refractivity contribution in [3.05, 3.63) is 35.4 Å². The highest BCUT2D eigenvalue weighted by Crippen LogP contribution is 2.12. The molecule has 0 bridgehead atoms. The van der Waals surface area contributed by atoms with Crippen molar-refractivity contribution in [2.75, 3.05) is 0 Å². The lowest BCUT2D eigenvalue weighted by atomic mass is 10.1. The van der Waals surface area contributed by atoms with Gasteiger partial charge in [-0.1, -0.05) is 42.8 Å². The van der Waals surface area contributed by atoms with Gasteiger partial charge in [0, 0.05) is 5.56 Å². The van der Waals surface area contributed by atoms with Crippen LogP contribution in [-0.4, -0.2) is 17.1 Å². The molecule has 94 valence electrons. The number of nitrogens with zero attached hydrogens (tertiary/aromatic N) is 1. The summed E-state index contributed by atoms with van der Waals surface area (Å²) in [5, 5.41) is 11.7. The summed E-state index contributed by atoms with van der Waals surface area (Å²) in [4.78, 5) is 0. The van der Waals surface area contributed by atoms with E-state index in [9.17, 15) is 0 Å². The highest BCUT2D eigenvalue weighted by molar-refractivity contribution is 5.98. The topological polar surface area (TPSA) is 67.8 Å². The zero-order valence-electron chi connectivity index (χ0n) is 10.4. The number of oxime groups is 1. The summed E-state index contributed by atoms with van der Waals surface area (Å²) in [6.07, 6.45) is 2.36. The molecule has 0 aliphatic rings. The van der Waals surface area contributed by atoms with Crippen molar-refractivity contribution in [3.63, 3.8) is 0 Å². The average molecular weight is 236 g/mol. The molecule has 4 heteroatoms. The fourth-order valence-corrected chi connectivity index (χ4v) is 1.67. The molecular weight excluding hydrogens is 216 g/mol. The highest BCUT2D eigenvalue weighted by Gasteiger charge is 2.08. The van der Waals surface area contributed by atoms with Crippen LogP contribution in [0, 0.1) is 0 Å². The molecule has 0 aliphatic carbocycles. The minimum Gasteiger partial charge on any atom is -0.409 e. The molecule has 1 aromatic carbocycles. The van der Waals surface area contributed by atoms with Crippen LogP contribution >= 0.6 is 0 Å². The molecular formula is C13H20N2O2. The fourth-order valence-electron chi connectivity index (χ4n) is 1.67. The summed E-state index contributed by atoms with van der Waals surface area (Å²) in [5.41, 5.74) is 7.26. The molecule has 1 rings (SSSR count). The Labute approximate surface area is 102 Å². The number of nitrogens with two attached hydrogens (primary N) is 1. The number of hydrogen-bond donors (Lipinski definition) is 2. The predicted octanol–water partition coefficient (Wildman–Crippen LogP) is 2.49. The van der Waals surface area contributed by atoms with Gasteiger partial charge < -0.3 is 15.7 Å². The maximum absolute atomic E-state index is 8.70.